The van der Waals surface area contributed by atoms with Crippen LogP contribution in [0, 0.1) is 11.3 Å². The molecule has 0 radical (unpaired) electrons. The quantitative estimate of drug-likeness (QED) is 0.733. The number of benzene rings is 1. The molecular weight excluding hydrogens is 244 g/mol. The smallest absolute Gasteiger partial charge is 0.118 e. The fourth-order valence-electron chi connectivity index (χ4n) is 1.57. The molecule has 0 aliphatic rings. The van der Waals surface area contributed by atoms with E-state index in [-0.39, 0.29) is 5.25 Å². The summed E-state index contributed by atoms with van der Waals surface area (Å²) in [5, 5.41) is 12.3. The number of nitrogens with one attached hydrogen (secondary N) is 1. The van der Waals surface area contributed by atoms with Crippen molar-refractivity contribution in [2.75, 3.05) is 20.7 Å². The van der Waals surface area contributed by atoms with E-state index < -0.39 is 0 Å². The van der Waals surface area contributed by atoms with Gasteiger partial charge in [-0.25, -0.2) is 0 Å². The minimum atomic E-state index is 0.0838. The van der Waals surface area contributed by atoms with E-state index in [0.29, 0.717) is 0 Å². The van der Waals surface area contributed by atoms with Gasteiger partial charge in [-0.1, -0.05) is 12.1 Å². The molecule has 1 aromatic rings. The average Bonchev–Trinajstić information content (AvgIpc) is 2.43. The minimum absolute atomic E-state index is 0.0838. The molecule has 4 heteroatoms. The molecule has 1 rings (SSSR count). The highest BCUT2D eigenvalue weighted by Gasteiger charge is 2.07. The molecule has 1 N–H and O–H groups in total. The minimum Gasteiger partial charge on any atom is -0.497 e. The van der Waals surface area contributed by atoms with Gasteiger partial charge in [-0.2, -0.15) is 5.26 Å². The molecule has 1 atom stereocenters. The van der Waals surface area contributed by atoms with E-state index in [9.17, 15) is 0 Å². The van der Waals surface area contributed by atoms with Crippen LogP contribution in [0.3, 0.4) is 0 Å². The van der Waals surface area contributed by atoms with E-state index in [1.54, 1.807) is 18.9 Å². The highest BCUT2D eigenvalue weighted by molar-refractivity contribution is 7.99. The Hall–Kier alpha value is -1.18. The van der Waals surface area contributed by atoms with Crippen molar-refractivity contribution >= 4 is 11.8 Å². The van der Waals surface area contributed by atoms with Gasteiger partial charge < -0.3 is 10.1 Å². The summed E-state index contributed by atoms with van der Waals surface area (Å²) in [5.74, 6) is 1.75. The van der Waals surface area contributed by atoms with Gasteiger partial charge in [0.15, 0.2) is 0 Å². The molecule has 0 heterocycles. The van der Waals surface area contributed by atoms with Gasteiger partial charge in [0, 0.05) is 5.75 Å². The first-order chi connectivity index (χ1) is 8.80. The second-order valence-corrected chi connectivity index (χ2v) is 5.21. The van der Waals surface area contributed by atoms with Crippen molar-refractivity contribution in [3.8, 4) is 11.8 Å². The Morgan fingerprint density at radius 1 is 1.39 bits per heavy atom. The normalized spacial score (nSPS) is 11.8. The summed E-state index contributed by atoms with van der Waals surface area (Å²) in [6.45, 7) is 0.973. The van der Waals surface area contributed by atoms with Gasteiger partial charge in [-0.3, -0.25) is 0 Å². The summed E-state index contributed by atoms with van der Waals surface area (Å²) in [6, 6.07) is 10.4. The van der Waals surface area contributed by atoms with Crippen LogP contribution >= 0.6 is 11.8 Å². The highest BCUT2D eigenvalue weighted by Crippen LogP contribution is 2.22. The van der Waals surface area contributed by atoms with Crippen molar-refractivity contribution < 1.29 is 4.74 Å². The Morgan fingerprint density at radius 2 is 2.11 bits per heavy atom. The first kappa shape index (κ1) is 14.9. The van der Waals surface area contributed by atoms with Gasteiger partial charge in [0.1, 0.15) is 5.75 Å². The molecule has 0 amide bonds. The third kappa shape index (κ3) is 5.44. The lowest BCUT2D eigenvalue weighted by atomic mass is 10.2. The number of nitriles is 1. The standard InChI is InChI=1S/C14H20N2OS/c1-16-9-3-4-14(10-15)18-11-12-5-7-13(17-2)8-6-12/h5-8,14,16H,3-4,9,11H2,1-2H3. The summed E-state index contributed by atoms with van der Waals surface area (Å²) in [6.07, 6.45) is 1.99. The maximum Gasteiger partial charge on any atom is 0.118 e. The highest BCUT2D eigenvalue weighted by atomic mass is 32.2. The first-order valence-electron chi connectivity index (χ1n) is 6.09. The van der Waals surface area contributed by atoms with Gasteiger partial charge in [0.2, 0.25) is 0 Å². The first-order valence-corrected chi connectivity index (χ1v) is 7.13. The summed E-state index contributed by atoms with van der Waals surface area (Å²) in [7, 11) is 3.60. The topological polar surface area (TPSA) is 45.0 Å². The molecular formula is C14H20N2OS. The SMILES string of the molecule is CNCCCC(C#N)SCc1ccc(OC)cc1. The Morgan fingerprint density at radius 3 is 2.67 bits per heavy atom. The number of methoxy groups -OCH3 is 1. The Bertz CT molecular complexity index is 372. The monoisotopic (exact) mass is 264 g/mol. The second-order valence-electron chi connectivity index (χ2n) is 4.02. The number of thioether (sulfide) groups is 1. The molecule has 0 bridgehead atoms. The van der Waals surface area contributed by atoms with Crippen LogP contribution < -0.4 is 10.1 Å². The van der Waals surface area contributed by atoms with Crippen LogP contribution in [0.2, 0.25) is 0 Å². The summed E-state index contributed by atoms with van der Waals surface area (Å²) in [5.41, 5.74) is 1.23. The summed E-state index contributed by atoms with van der Waals surface area (Å²) < 4.78 is 5.12. The van der Waals surface area contributed by atoms with Crippen LogP contribution in [-0.2, 0) is 5.75 Å². The largest absolute Gasteiger partial charge is 0.497 e. The van der Waals surface area contributed by atoms with E-state index in [1.807, 2.05) is 31.3 Å². The predicted molar refractivity (Wildman–Crippen MR) is 76.9 cm³/mol. The summed E-state index contributed by atoms with van der Waals surface area (Å²) >= 11 is 1.71. The van der Waals surface area contributed by atoms with Gasteiger partial charge in [0.05, 0.1) is 18.4 Å². The molecule has 3 nitrogen and oxygen atoms in total. The zero-order valence-electron chi connectivity index (χ0n) is 11.0. The molecule has 0 fully saturated rings. The van der Waals surface area contributed by atoms with Crippen LogP contribution in [0.1, 0.15) is 18.4 Å². The number of ether oxygens (including phenoxy) is 1. The van der Waals surface area contributed by atoms with Crippen LogP contribution in [-0.4, -0.2) is 26.0 Å². The molecule has 18 heavy (non-hydrogen) atoms. The Labute approximate surface area is 114 Å². The number of nitrogens with zero attached hydrogens (tertiary/aromatic N) is 1. The maximum absolute atomic E-state index is 9.07. The van der Waals surface area contributed by atoms with Crippen molar-refractivity contribution in [3.05, 3.63) is 29.8 Å². The third-order valence-electron chi connectivity index (χ3n) is 2.65. The molecule has 0 spiro atoms. The Balaban J connectivity index is 2.35. The molecule has 0 aromatic heterocycles. The molecule has 0 saturated heterocycles. The maximum atomic E-state index is 9.07. The van der Waals surface area contributed by atoms with Crippen molar-refractivity contribution in [3.63, 3.8) is 0 Å². The van der Waals surface area contributed by atoms with Crippen molar-refractivity contribution in [2.24, 2.45) is 0 Å². The van der Waals surface area contributed by atoms with E-state index in [0.717, 1.165) is 30.9 Å². The van der Waals surface area contributed by atoms with Crippen LogP contribution in [0.25, 0.3) is 0 Å². The van der Waals surface area contributed by atoms with E-state index in [4.69, 9.17) is 10.00 Å². The van der Waals surface area contributed by atoms with Crippen molar-refractivity contribution in [1.82, 2.24) is 5.32 Å². The van der Waals surface area contributed by atoms with Crippen LogP contribution in [0.4, 0.5) is 0 Å². The van der Waals surface area contributed by atoms with E-state index in [1.165, 1.54) is 5.56 Å². The van der Waals surface area contributed by atoms with Crippen LogP contribution in [0.5, 0.6) is 5.75 Å². The van der Waals surface area contributed by atoms with Crippen LogP contribution in [0.15, 0.2) is 24.3 Å². The van der Waals surface area contributed by atoms with Gasteiger partial charge in [-0.15, -0.1) is 11.8 Å². The third-order valence-corrected chi connectivity index (χ3v) is 3.89. The lowest BCUT2D eigenvalue weighted by Crippen LogP contribution is -2.10. The number of hydrogen-bond donors (Lipinski definition) is 1. The zero-order valence-corrected chi connectivity index (χ0v) is 11.8. The fourth-order valence-corrected chi connectivity index (χ4v) is 2.56. The molecule has 0 aliphatic carbocycles. The Kier molecular flexibility index (Phi) is 7.31. The van der Waals surface area contributed by atoms with Gasteiger partial charge >= 0.3 is 0 Å². The lowest BCUT2D eigenvalue weighted by Gasteiger charge is -2.09. The lowest BCUT2D eigenvalue weighted by molar-refractivity contribution is 0.414. The molecule has 98 valence electrons. The number of hydrogen-bond acceptors (Lipinski definition) is 4. The van der Waals surface area contributed by atoms with Gasteiger partial charge in [-0.05, 0) is 44.1 Å². The summed E-state index contributed by atoms with van der Waals surface area (Å²) in [4.78, 5) is 0. The molecule has 0 aliphatic heterocycles. The molecule has 1 aromatic carbocycles. The molecule has 1 unspecified atom stereocenters. The second kappa shape index (κ2) is 8.84. The van der Waals surface area contributed by atoms with E-state index >= 15 is 0 Å². The molecule has 0 saturated carbocycles. The average molecular weight is 264 g/mol. The fraction of sp³-hybridized carbons (Fsp3) is 0.500. The zero-order chi connectivity index (χ0) is 13.2. The van der Waals surface area contributed by atoms with Gasteiger partial charge in [0.25, 0.3) is 0 Å². The van der Waals surface area contributed by atoms with E-state index in [2.05, 4.69) is 11.4 Å². The predicted octanol–water partition coefficient (Wildman–Crippen LogP) is 2.82. The number of rotatable bonds is 8. The van der Waals surface area contributed by atoms with Crippen molar-refractivity contribution in [2.45, 2.75) is 23.8 Å². The van der Waals surface area contributed by atoms with Crippen molar-refractivity contribution in [1.29, 1.82) is 5.26 Å².